The van der Waals surface area contributed by atoms with Crippen LogP contribution < -0.4 is 16.0 Å². The van der Waals surface area contributed by atoms with Crippen molar-refractivity contribution in [3.8, 4) is 11.4 Å². The molecule has 0 bridgehead atoms. The summed E-state index contributed by atoms with van der Waals surface area (Å²) in [6, 6.07) is 10.5. The van der Waals surface area contributed by atoms with Crippen LogP contribution in [0.2, 0.25) is 0 Å². The van der Waals surface area contributed by atoms with Crippen molar-refractivity contribution >= 4 is 39.9 Å². The fourth-order valence-electron chi connectivity index (χ4n) is 4.06. The van der Waals surface area contributed by atoms with E-state index in [0.29, 0.717) is 29.5 Å². The normalized spacial score (nSPS) is 17.0. The van der Waals surface area contributed by atoms with Gasteiger partial charge in [-0.2, -0.15) is 22.5 Å². The molecule has 4 N–H and O–H groups in total. The van der Waals surface area contributed by atoms with E-state index in [1.54, 1.807) is 44.2 Å². The number of aliphatic hydroxyl groups is 1. The van der Waals surface area contributed by atoms with Gasteiger partial charge in [0.2, 0.25) is 5.13 Å². The Morgan fingerprint density at radius 3 is 2.58 bits per heavy atom. The zero-order valence-corrected chi connectivity index (χ0v) is 23.5. The quantitative estimate of drug-likeness (QED) is 0.188. The molecule has 2 aromatic heterocycles. The van der Waals surface area contributed by atoms with Gasteiger partial charge in [0.05, 0.1) is 18.3 Å². The number of nitrogens with one attached hydrogen (secondary N) is 3. The smallest absolute Gasteiger partial charge is 0.388 e. The first kappa shape index (κ1) is 30.2. The fourth-order valence-corrected chi connectivity index (χ4v) is 4.65. The highest BCUT2D eigenvalue weighted by atomic mass is 32.1. The van der Waals surface area contributed by atoms with E-state index in [4.69, 9.17) is 9.47 Å². The Morgan fingerprint density at radius 2 is 1.88 bits per heavy atom. The van der Waals surface area contributed by atoms with E-state index in [9.17, 15) is 27.5 Å². The molecule has 11 nitrogen and oxygen atoms in total. The summed E-state index contributed by atoms with van der Waals surface area (Å²) in [5.41, 5.74) is -0.568. The number of anilines is 4. The summed E-state index contributed by atoms with van der Waals surface area (Å²) in [7, 11) is 0. The van der Waals surface area contributed by atoms with Crippen LogP contribution in [0.15, 0.2) is 54.9 Å². The van der Waals surface area contributed by atoms with E-state index in [1.807, 2.05) is 0 Å². The molecule has 2 atom stereocenters. The maximum absolute atomic E-state index is 13.6. The van der Waals surface area contributed by atoms with Gasteiger partial charge in [-0.25, -0.2) is 14.4 Å². The molecule has 5 rings (SSSR count). The molecule has 16 heteroatoms. The van der Waals surface area contributed by atoms with Gasteiger partial charge in [0.1, 0.15) is 29.9 Å². The van der Waals surface area contributed by atoms with Gasteiger partial charge in [-0.05, 0) is 56.3 Å². The highest BCUT2D eigenvalue weighted by molar-refractivity contribution is 7.10. The Morgan fingerprint density at radius 1 is 1.14 bits per heavy atom. The average molecular weight is 620 g/mol. The van der Waals surface area contributed by atoms with E-state index in [1.165, 1.54) is 6.33 Å². The van der Waals surface area contributed by atoms with Crippen LogP contribution in [0.3, 0.4) is 0 Å². The second-order valence-electron chi connectivity index (χ2n) is 9.88. The van der Waals surface area contributed by atoms with Crippen LogP contribution in [0.5, 0.6) is 0 Å². The summed E-state index contributed by atoms with van der Waals surface area (Å²) in [4.78, 5) is 25.1. The molecular formula is C27H25F4N7O4S. The molecule has 2 aromatic carbocycles. The molecule has 0 radical (unpaired) electrons. The van der Waals surface area contributed by atoms with Crippen LogP contribution in [0, 0.1) is 5.82 Å². The van der Waals surface area contributed by atoms with Crippen molar-refractivity contribution < 1.29 is 36.9 Å². The number of benzene rings is 2. The first-order valence-corrected chi connectivity index (χ1v) is 13.6. The van der Waals surface area contributed by atoms with Gasteiger partial charge in [0.25, 0.3) is 5.91 Å². The van der Waals surface area contributed by atoms with Crippen molar-refractivity contribution in [3.05, 3.63) is 71.8 Å². The van der Waals surface area contributed by atoms with Gasteiger partial charge >= 0.3 is 6.18 Å². The lowest BCUT2D eigenvalue weighted by Gasteiger charge is -2.20. The lowest BCUT2D eigenvalue weighted by molar-refractivity contribution is -0.149. The Hall–Kier alpha value is -4.25. The van der Waals surface area contributed by atoms with Crippen LogP contribution in [-0.2, 0) is 15.7 Å². The number of ether oxygens (including phenoxy) is 2. The summed E-state index contributed by atoms with van der Waals surface area (Å²) < 4.78 is 67.8. The summed E-state index contributed by atoms with van der Waals surface area (Å²) in [6.07, 6.45) is -4.80. The maximum atomic E-state index is 13.6. The third kappa shape index (κ3) is 7.59. The van der Waals surface area contributed by atoms with Crippen molar-refractivity contribution in [1.82, 2.24) is 19.3 Å². The van der Waals surface area contributed by atoms with Gasteiger partial charge in [0, 0.05) is 41.0 Å². The highest BCUT2D eigenvalue weighted by Crippen LogP contribution is 2.34. The molecule has 43 heavy (non-hydrogen) atoms. The molecule has 4 aromatic rings. The lowest BCUT2D eigenvalue weighted by Crippen LogP contribution is -2.35. The van der Waals surface area contributed by atoms with E-state index < -0.39 is 41.5 Å². The number of hydrogen-bond donors (Lipinski definition) is 4. The molecule has 1 aliphatic heterocycles. The van der Waals surface area contributed by atoms with Crippen LogP contribution >= 0.6 is 11.5 Å². The first-order valence-electron chi connectivity index (χ1n) is 12.8. The Bertz CT molecular complexity index is 1600. The molecule has 3 heterocycles. The van der Waals surface area contributed by atoms with Gasteiger partial charge < -0.3 is 25.2 Å². The number of rotatable bonds is 9. The van der Waals surface area contributed by atoms with Crippen molar-refractivity contribution in [3.63, 3.8) is 0 Å². The number of halogens is 4. The maximum Gasteiger partial charge on any atom is 0.419 e. The largest absolute Gasteiger partial charge is 0.419 e. The van der Waals surface area contributed by atoms with Gasteiger partial charge in [-0.15, -0.1) is 0 Å². The van der Waals surface area contributed by atoms with Crippen molar-refractivity contribution in [2.24, 2.45) is 0 Å². The SMILES string of the molecule is CC1(C)OCC(C(O)CNc2cc(Nc3ccc(C(=O)Nc4nc(-c5ccc(F)c(C(F)(F)F)c5)ns4)cc3)ncn2)O1. The number of carbonyl (C=O) groups excluding carboxylic acids is 1. The van der Waals surface area contributed by atoms with Gasteiger partial charge in [0.15, 0.2) is 11.6 Å². The minimum atomic E-state index is -4.87. The lowest BCUT2D eigenvalue weighted by atomic mass is 10.1. The van der Waals surface area contributed by atoms with E-state index in [2.05, 4.69) is 35.3 Å². The predicted molar refractivity (Wildman–Crippen MR) is 149 cm³/mol. The third-order valence-electron chi connectivity index (χ3n) is 6.21. The van der Waals surface area contributed by atoms with Crippen molar-refractivity contribution in [2.45, 2.75) is 38.0 Å². The van der Waals surface area contributed by atoms with Crippen LogP contribution in [0.4, 0.5) is 40.0 Å². The summed E-state index contributed by atoms with van der Waals surface area (Å²) in [5.74, 6) is -1.81. The molecule has 1 saturated heterocycles. The molecule has 0 spiro atoms. The summed E-state index contributed by atoms with van der Waals surface area (Å²) in [5, 5.41) is 19.1. The second-order valence-corrected chi connectivity index (χ2v) is 10.6. The van der Waals surface area contributed by atoms with Crippen LogP contribution in [0.1, 0.15) is 29.8 Å². The molecule has 0 aliphatic carbocycles. The monoisotopic (exact) mass is 619 g/mol. The Labute approximate surface area is 246 Å². The highest BCUT2D eigenvalue weighted by Gasteiger charge is 2.37. The Kier molecular flexibility index (Phi) is 8.55. The molecule has 2 unspecified atom stereocenters. The molecule has 1 amide bonds. The fraction of sp³-hybridized carbons (Fsp3) is 0.296. The van der Waals surface area contributed by atoms with Gasteiger partial charge in [-0.1, -0.05) is 0 Å². The number of nitrogens with zero attached hydrogens (tertiary/aromatic N) is 4. The minimum Gasteiger partial charge on any atom is -0.388 e. The zero-order valence-electron chi connectivity index (χ0n) is 22.6. The first-order chi connectivity index (χ1) is 20.4. The molecule has 1 aliphatic rings. The molecular weight excluding hydrogens is 594 g/mol. The number of alkyl halides is 3. The van der Waals surface area contributed by atoms with Crippen molar-refractivity contribution in [1.29, 1.82) is 0 Å². The molecule has 0 saturated carbocycles. The standard InChI is InChI=1S/C27H25F4N7O4S/c1-26(2)41-12-20(42-26)19(39)11-32-21-10-22(34-13-33-21)35-16-6-3-14(4-7-16)24(40)37-25-36-23(38-43-25)15-5-8-18(28)17(9-15)27(29,30)31/h3-10,13,19-20,39H,11-12H2,1-2H3,(H2,32,33,34,35)(H,36,37,38,40). The summed E-state index contributed by atoms with van der Waals surface area (Å²) >= 11 is 0.774. The van der Waals surface area contributed by atoms with E-state index in [-0.39, 0.29) is 35.2 Å². The number of amides is 1. The summed E-state index contributed by atoms with van der Waals surface area (Å²) in [6.45, 7) is 4.02. The van der Waals surface area contributed by atoms with Gasteiger partial charge in [-0.3, -0.25) is 10.1 Å². The Balaban J connectivity index is 1.16. The minimum absolute atomic E-state index is 0.0402. The number of carbonyl (C=O) groups is 1. The van der Waals surface area contributed by atoms with E-state index in [0.717, 1.165) is 17.6 Å². The second kappa shape index (κ2) is 12.2. The van der Waals surface area contributed by atoms with E-state index >= 15 is 0 Å². The number of aromatic nitrogens is 4. The number of aliphatic hydroxyl groups excluding tert-OH is 1. The van der Waals surface area contributed by atoms with Crippen LogP contribution in [-0.4, -0.2) is 61.5 Å². The topological polar surface area (TPSA) is 143 Å². The third-order valence-corrected chi connectivity index (χ3v) is 6.85. The molecule has 1 fully saturated rings. The predicted octanol–water partition coefficient (Wildman–Crippen LogP) is 5.07. The van der Waals surface area contributed by atoms with Crippen LogP contribution in [0.25, 0.3) is 11.4 Å². The van der Waals surface area contributed by atoms with Crippen molar-refractivity contribution in [2.75, 3.05) is 29.1 Å². The average Bonchev–Trinajstić information content (AvgIpc) is 3.58. The zero-order chi connectivity index (χ0) is 30.8. The molecule has 226 valence electrons. The number of hydrogen-bond acceptors (Lipinski definition) is 11.